The fourth-order valence-electron chi connectivity index (χ4n) is 1.59. The van der Waals surface area contributed by atoms with Crippen molar-refractivity contribution in [1.82, 2.24) is 10.0 Å². The van der Waals surface area contributed by atoms with E-state index in [0.717, 1.165) is 13.1 Å². The first kappa shape index (κ1) is 12.6. The zero-order chi connectivity index (χ0) is 11.3. The smallest absolute Gasteiger partial charge is 0.214 e. The lowest BCUT2D eigenvalue weighted by molar-refractivity contribution is -0.116. The zero-order valence-electron chi connectivity index (χ0n) is 8.95. The number of carbonyl (C=O) groups is 1. The molecular formula is C9H18N2O3S. The van der Waals surface area contributed by atoms with Gasteiger partial charge in [-0.1, -0.05) is 0 Å². The fraction of sp³-hybridized carbons (Fsp3) is 0.889. The first-order valence-electron chi connectivity index (χ1n) is 5.21. The Morgan fingerprint density at radius 2 is 2.00 bits per heavy atom. The van der Waals surface area contributed by atoms with E-state index in [4.69, 9.17) is 0 Å². The van der Waals surface area contributed by atoms with Gasteiger partial charge in [-0.2, -0.15) is 0 Å². The molecule has 1 rings (SSSR count). The summed E-state index contributed by atoms with van der Waals surface area (Å²) < 4.78 is 25.9. The highest BCUT2D eigenvalue weighted by atomic mass is 32.2. The Morgan fingerprint density at radius 1 is 1.40 bits per heavy atom. The van der Waals surface area contributed by atoms with E-state index in [-0.39, 0.29) is 24.0 Å². The van der Waals surface area contributed by atoms with Gasteiger partial charge in [0.25, 0.3) is 0 Å². The van der Waals surface area contributed by atoms with Crippen molar-refractivity contribution in [1.29, 1.82) is 0 Å². The van der Waals surface area contributed by atoms with E-state index in [9.17, 15) is 13.2 Å². The van der Waals surface area contributed by atoms with Gasteiger partial charge in [0, 0.05) is 13.0 Å². The van der Waals surface area contributed by atoms with Gasteiger partial charge in [0.15, 0.2) is 0 Å². The number of rotatable bonds is 5. The SMILES string of the molecule is CC(=O)CCNS(=O)(=O)C1CCNCC1. The van der Waals surface area contributed by atoms with Crippen LogP contribution < -0.4 is 10.0 Å². The van der Waals surface area contributed by atoms with Crippen LogP contribution in [0.4, 0.5) is 0 Å². The van der Waals surface area contributed by atoms with E-state index in [1.54, 1.807) is 0 Å². The number of hydrogen-bond acceptors (Lipinski definition) is 4. The second-order valence-electron chi connectivity index (χ2n) is 3.84. The predicted molar refractivity (Wildman–Crippen MR) is 58.1 cm³/mol. The average molecular weight is 234 g/mol. The summed E-state index contributed by atoms with van der Waals surface area (Å²) in [7, 11) is -3.22. The van der Waals surface area contributed by atoms with Crippen LogP contribution in [0.5, 0.6) is 0 Å². The molecule has 1 aliphatic heterocycles. The van der Waals surface area contributed by atoms with Crippen molar-refractivity contribution >= 4 is 15.8 Å². The second kappa shape index (κ2) is 5.58. The van der Waals surface area contributed by atoms with Crippen LogP contribution in [0.2, 0.25) is 0 Å². The minimum Gasteiger partial charge on any atom is -0.317 e. The highest BCUT2D eigenvalue weighted by Gasteiger charge is 2.26. The Bertz CT molecular complexity index is 307. The molecule has 1 saturated heterocycles. The van der Waals surface area contributed by atoms with Gasteiger partial charge in [0.1, 0.15) is 5.78 Å². The van der Waals surface area contributed by atoms with Gasteiger partial charge in [0.05, 0.1) is 5.25 Å². The summed E-state index contributed by atoms with van der Waals surface area (Å²) in [6.07, 6.45) is 1.56. The highest BCUT2D eigenvalue weighted by molar-refractivity contribution is 7.90. The number of Topliss-reactive ketones (excluding diaryl/α,β-unsaturated/α-hetero) is 1. The summed E-state index contributed by atoms with van der Waals surface area (Å²) in [5.74, 6) is 0.00279. The zero-order valence-corrected chi connectivity index (χ0v) is 9.77. The molecule has 0 aromatic rings. The maximum atomic E-state index is 11.7. The van der Waals surface area contributed by atoms with Crippen LogP contribution in [0.1, 0.15) is 26.2 Å². The molecule has 0 aliphatic carbocycles. The molecule has 0 atom stereocenters. The van der Waals surface area contributed by atoms with Crippen molar-refractivity contribution in [2.45, 2.75) is 31.4 Å². The molecule has 0 bridgehead atoms. The normalized spacial score (nSPS) is 19.0. The topological polar surface area (TPSA) is 75.3 Å². The first-order chi connectivity index (χ1) is 7.02. The molecule has 1 fully saturated rings. The number of ketones is 1. The molecule has 0 aromatic heterocycles. The third-order valence-corrected chi connectivity index (χ3v) is 4.46. The molecule has 0 unspecified atom stereocenters. The van der Waals surface area contributed by atoms with Crippen molar-refractivity contribution in [2.24, 2.45) is 0 Å². The van der Waals surface area contributed by atoms with Gasteiger partial charge in [-0.3, -0.25) is 4.79 Å². The van der Waals surface area contributed by atoms with E-state index >= 15 is 0 Å². The lowest BCUT2D eigenvalue weighted by Gasteiger charge is -2.22. The molecule has 1 heterocycles. The van der Waals surface area contributed by atoms with Crippen molar-refractivity contribution in [3.8, 4) is 0 Å². The molecule has 5 nitrogen and oxygen atoms in total. The van der Waals surface area contributed by atoms with Crippen LogP contribution in [-0.4, -0.2) is 39.1 Å². The number of carbonyl (C=O) groups excluding carboxylic acids is 1. The lowest BCUT2D eigenvalue weighted by atomic mass is 10.2. The van der Waals surface area contributed by atoms with Crippen LogP contribution in [0.25, 0.3) is 0 Å². The molecule has 1 aliphatic rings. The van der Waals surface area contributed by atoms with E-state index < -0.39 is 10.0 Å². The summed E-state index contributed by atoms with van der Waals surface area (Å²) >= 11 is 0. The van der Waals surface area contributed by atoms with Crippen LogP contribution in [0.3, 0.4) is 0 Å². The largest absolute Gasteiger partial charge is 0.317 e. The predicted octanol–water partition coefficient (Wildman–Crippen LogP) is -0.363. The Balaban J connectivity index is 2.40. The molecule has 6 heteroatoms. The summed E-state index contributed by atoms with van der Waals surface area (Å²) in [6, 6.07) is 0. The Morgan fingerprint density at radius 3 is 2.53 bits per heavy atom. The minimum absolute atomic E-state index is 0.00279. The summed E-state index contributed by atoms with van der Waals surface area (Å²) in [5.41, 5.74) is 0. The first-order valence-corrected chi connectivity index (χ1v) is 6.75. The summed E-state index contributed by atoms with van der Waals surface area (Å²) in [4.78, 5) is 10.7. The molecule has 15 heavy (non-hydrogen) atoms. The van der Waals surface area contributed by atoms with Crippen molar-refractivity contribution in [2.75, 3.05) is 19.6 Å². The van der Waals surface area contributed by atoms with Crippen molar-refractivity contribution in [3.05, 3.63) is 0 Å². The van der Waals surface area contributed by atoms with Crippen LogP contribution in [0, 0.1) is 0 Å². The molecular weight excluding hydrogens is 216 g/mol. The lowest BCUT2D eigenvalue weighted by Crippen LogP contribution is -2.42. The maximum Gasteiger partial charge on any atom is 0.214 e. The Kier molecular flexibility index (Phi) is 4.69. The van der Waals surface area contributed by atoms with Gasteiger partial charge >= 0.3 is 0 Å². The molecule has 0 spiro atoms. The van der Waals surface area contributed by atoms with Crippen LogP contribution in [0.15, 0.2) is 0 Å². The van der Waals surface area contributed by atoms with Gasteiger partial charge in [-0.15, -0.1) is 0 Å². The minimum atomic E-state index is -3.22. The fourth-order valence-corrected chi connectivity index (χ4v) is 3.07. The number of nitrogens with one attached hydrogen (secondary N) is 2. The summed E-state index contributed by atoms with van der Waals surface area (Å²) in [6.45, 7) is 3.18. The quantitative estimate of drug-likeness (QED) is 0.681. The second-order valence-corrected chi connectivity index (χ2v) is 5.89. The number of piperidine rings is 1. The average Bonchev–Trinajstić information content (AvgIpc) is 2.18. The molecule has 0 saturated carbocycles. The number of hydrogen-bond donors (Lipinski definition) is 2. The monoisotopic (exact) mass is 234 g/mol. The third-order valence-electron chi connectivity index (χ3n) is 2.51. The van der Waals surface area contributed by atoms with Gasteiger partial charge < -0.3 is 5.32 Å². The molecule has 88 valence electrons. The molecule has 0 aromatic carbocycles. The highest BCUT2D eigenvalue weighted by Crippen LogP contribution is 2.11. The van der Waals surface area contributed by atoms with E-state index in [2.05, 4.69) is 10.0 Å². The third kappa shape index (κ3) is 4.27. The molecule has 2 N–H and O–H groups in total. The van der Waals surface area contributed by atoms with Crippen molar-refractivity contribution in [3.63, 3.8) is 0 Å². The molecule has 0 radical (unpaired) electrons. The Hall–Kier alpha value is -0.460. The standard InChI is InChI=1S/C9H18N2O3S/c1-8(12)2-7-11-15(13,14)9-3-5-10-6-4-9/h9-11H,2-7H2,1H3. The van der Waals surface area contributed by atoms with Gasteiger partial charge in [-0.05, 0) is 32.9 Å². The van der Waals surface area contributed by atoms with Crippen LogP contribution in [-0.2, 0) is 14.8 Å². The van der Waals surface area contributed by atoms with Crippen LogP contribution >= 0.6 is 0 Å². The maximum absolute atomic E-state index is 11.7. The van der Waals surface area contributed by atoms with E-state index in [0.29, 0.717) is 12.8 Å². The summed E-state index contributed by atoms with van der Waals surface area (Å²) in [5, 5.41) is 2.81. The van der Waals surface area contributed by atoms with E-state index in [1.807, 2.05) is 0 Å². The van der Waals surface area contributed by atoms with Gasteiger partial charge in [-0.25, -0.2) is 13.1 Å². The van der Waals surface area contributed by atoms with E-state index in [1.165, 1.54) is 6.92 Å². The molecule has 0 amide bonds. The van der Waals surface area contributed by atoms with Gasteiger partial charge in [0.2, 0.25) is 10.0 Å². The number of sulfonamides is 1. The van der Waals surface area contributed by atoms with Crippen molar-refractivity contribution < 1.29 is 13.2 Å². The Labute approximate surface area is 90.7 Å².